The van der Waals surface area contributed by atoms with Crippen molar-refractivity contribution in [2.75, 3.05) is 27.2 Å². The van der Waals surface area contributed by atoms with Crippen molar-refractivity contribution in [3.05, 3.63) is 42.0 Å². The van der Waals surface area contributed by atoms with Crippen LogP contribution in [0.25, 0.3) is 0 Å². The van der Waals surface area contributed by atoms with Crippen LogP contribution in [0, 0.1) is 11.8 Å². The summed E-state index contributed by atoms with van der Waals surface area (Å²) < 4.78 is 42.6. The van der Waals surface area contributed by atoms with Crippen molar-refractivity contribution in [2.45, 2.75) is 31.9 Å². The van der Waals surface area contributed by atoms with Crippen molar-refractivity contribution >= 4 is 6.09 Å². The number of hydrogen-bond donors (Lipinski definition) is 1. The molecule has 0 unspecified atom stereocenters. The third-order valence-electron chi connectivity index (χ3n) is 4.70. The molecule has 0 saturated heterocycles. The first-order chi connectivity index (χ1) is 12.7. The number of benzene rings is 1. The Labute approximate surface area is 158 Å². The molecule has 1 aliphatic rings. The fourth-order valence-electron chi connectivity index (χ4n) is 3.13. The number of allylic oxidation sites excluding steroid dienone is 1. The SMILES string of the molecule is CN(C)CC=CC1CCC(CNC(=O)Oc2ccc(C(F)(F)F)cc2)CC1. The Kier molecular flexibility index (Phi) is 7.71. The molecule has 1 amide bonds. The Morgan fingerprint density at radius 2 is 1.81 bits per heavy atom. The first-order valence-corrected chi connectivity index (χ1v) is 9.18. The number of alkyl halides is 3. The smallest absolute Gasteiger partial charge is 0.410 e. The first kappa shape index (κ1) is 21.3. The van der Waals surface area contributed by atoms with Gasteiger partial charge in [0.1, 0.15) is 5.75 Å². The molecular weight excluding hydrogens is 357 g/mol. The highest BCUT2D eigenvalue weighted by Gasteiger charge is 2.30. The van der Waals surface area contributed by atoms with E-state index in [4.69, 9.17) is 4.74 Å². The number of hydrogen-bond acceptors (Lipinski definition) is 3. The number of ether oxygens (including phenoxy) is 1. The lowest BCUT2D eigenvalue weighted by molar-refractivity contribution is -0.137. The Bertz CT molecular complexity index is 619. The summed E-state index contributed by atoms with van der Waals surface area (Å²) in [5.41, 5.74) is -0.772. The van der Waals surface area contributed by atoms with E-state index < -0.39 is 17.8 Å². The van der Waals surface area contributed by atoms with Crippen LogP contribution < -0.4 is 10.1 Å². The number of halogens is 3. The summed E-state index contributed by atoms with van der Waals surface area (Å²) in [5.74, 6) is 1.10. The molecule has 0 heterocycles. The third kappa shape index (κ3) is 7.62. The Balaban J connectivity index is 1.68. The second kappa shape index (κ2) is 9.78. The maximum absolute atomic E-state index is 12.5. The maximum Gasteiger partial charge on any atom is 0.416 e. The normalized spacial score (nSPS) is 20.8. The molecule has 0 atom stereocenters. The van der Waals surface area contributed by atoms with E-state index in [1.807, 2.05) is 14.1 Å². The molecule has 1 aromatic rings. The molecule has 1 aromatic carbocycles. The summed E-state index contributed by atoms with van der Waals surface area (Å²) in [6, 6.07) is 4.09. The van der Waals surface area contributed by atoms with E-state index in [0.29, 0.717) is 18.4 Å². The molecule has 0 aromatic heterocycles. The van der Waals surface area contributed by atoms with E-state index in [1.165, 1.54) is 0 Å². The van der Waals surface area contributed by atoms with Gasteiger partial charge in [-0.2, -0.15) is 13.2 Å². The van der Waals surface area contributed by atoms with Gasteiger partial charge in [0.15, 0.2) is 0 Å². The van der Waals surface area contributed by atoms with Crippen molar-refractivity contribution in [3.63, 3.8) is 0 Å². The van der Waals surface area contributed by atoms with Gasteiger partial charge in [-0.3, -0.25) is 0 Å². The van der Waals surface area contributed by atoms with Crippen LogP contribution in [-0.4, -0.2) is 38.2 Å². The van der Waals surface area contributed by atoms with Gasteiger partial charge in [0.2, 0.25) is 0 Å². The predicted molar refractivity (Wildman–Crippen MR) is 98.6 cm³/mol. The largest absolute Gasteiger partial charge is 0.416 e. The highest BCUT2D eigenvalue weighted by Crippen LogP contribution is 2.31. The predicted octanol–water partition coefficient (Wildman–Crippen LogP) is 4.72. The number of likely N-dealkylation sites (N-methyl/N-ethyl adjacent to an activating group) is 1. The first-order valence-electron chi connectivity index (χ1n) is 9.18. The van der Waals surface area contributed by atoms with Gasteiger partial charge >= 0.3 is 12.3 Å². The van der Waals surface area contributed by atoms with E-state index in [1.54, 1.807) is 0 Å². The van der Waals surface area contributed by atoms with Gasteiger partial charge in [-0.15, -0.1) is 0 Å². The summed E-state index contributed by atoms with van der Waals surface area (Å²) in [5, 5.41) is 2.71. The van der Waals surface area contributed by atoms with Gasteiger partial charge in [-0.25, -0.2) is 4.79 Å². The summed E-state index contributed by atoms with van der Waals surface area (Å²) in [6.07, 6.45) is 3.72. The van der Waals surface area contributed by atoms with Crippen molar-refractivity contribution in [2.24, 2.45) is 11.8 Å². The molecule has 4 nitrogen and oxygen atoms in total. The van der Waals surface area contributed by atoms with Gasteiger partial charge < -0.3 is 15.0 Å². The second-order valence-electron chi connectivity index (χ2n) is 7.26. The van der Waals surface area contributed by atoms with Crippen molar-refractivity contribution in [1.29, 1.82) is 0 Å². The topological polar surface area (TPSA) is 41.6 Å². The number of carbonyl (C=O) groups excluding carboxylic acids is 1. The van der Waals surface area contributed by atoms with Crippen LogP contribution in [-0.2, 0) is 6.18 Å². The molecule has 1 fully saturated rings. The van der Waals surface area contributed by atoms with E-state index in [2.05, 4.69) is 22.4 Å². The average Bonchev–Trinajstić information content (AvgIpc) is 2.60. The molecule has 0 bridgehead atoms. The second-order valence-corrected chi connectivity index (χ2v) is 7.26. The lowest BCUT2D eigenvalue weighted by Crippen LogP contribution is -2.33. The number of nitrogens with one attached hydrogen (secondary N) is 1. The minimum absolute atomic E-state index is 0.0928. The molecule has 1 aliphatic carbocycles. The van der Waals surface area contributed by atoms with E-state index in [0.717, 1.165) is 56.5 Å². The van der Waals surface area contributed by atoms with Gasteiger partial charge in [0.05, 0.1) is 5.56 Å². The molecule has 1 N–H and O–H groups in total. The molecule has 7 heteroatoms. The van der Waals surface area contributed by atoms with Gasteiger partial charge in [0, 0.05) is 13.1 Å². The monoisotopic (exact) mass is 384 g/mol. The number of amides is 1. The van der Waals surface area contributed by atoms with Gasteiger partial charge in [-0.05, 0) is 75.9 Å². The number of nitrogens with zero attached hydrogens (tertiary/aromatic N) is 1. The lowest BCUT2D eigenvalue weighted by atomic mass is 9.82. The molecule has 27 heavy (non-hydrogen) atoms. The molecule has 1 saturated carbocycles. The molecule has 0 spiro atoms. The van der Waals surface area contributed by atoms with E-state index >= 15 is 0 Å². The minimum atomic E-state index is -4.40. The van der Waals surface area contributed by atoms with Crippen LogP contribution in [0.3, 0.4) is 0 Å². The number of carbonyl (C=O) groups is 1. The molecule has 0 radical (unpaired) electrons. The van der Waals surface area contributed by atoms with Crippen molar-refractivity contribution < 1.29 is 22.7 Å². The summed E-state index contributed by atoms with van der Waals surface area (Å²) >= 11 is 0. The fraction of sp³-hybridized carbons (Fsp3) is 0.550. The maximum atomic E-state index is 12.5. The van der Waals surface area contributed by atoms with Crippen molar-refractivity contribution in [3.8, 4) is 5.75 Å². The average molecular weight is 384 g/mol. The van der Waals surface area contributed by atoms with Crippen LogP contribution >= 0.6 is 0 Å². The highest BCUT2D eigenvalue weighted by molar-refractivity contribution is 5.70. The van der Waals surface area contributed by atoms with Gasteiger partial charge in [-0.1, -0.05) is 12.2 Å². The Hall–Kier alpha value is -2.02. The fourth-order valence-corrected chi connectivity index (χ4v) is 3.13. The summed E-state index contributed by atoms with van der Waals surface area (Å²) in [7, 11) is 4.08. The Morgan fingerprint density at radius 3 is 2.37 bits per heavy atom. The van der Waals surface area contributed by atoms with Crippen LogP contribution in [0.5, 0.6) is 5.75 Å². The molecule has 150 valence electrons. The van der Waals surface area contributed by atoms with Crippen molar-refractivity contribution in [1.82, 2.24) is 10.2 Å². The molecule has 0 aliphatic heterocycles. The number of rotatable bonds is 6. The summed E-state index contributed by atoms with van der Waals surface area (Å²) in [6.45, 7) is 1.46. The zero-order valence-corrected chi connectivity index (χ0v) is 15.8. The third-order valence-corrected chi connectivity index (χ3v) is 4.70. The highest BCUT2D eigenvalue weighted by atomic mass is 19.4. The van der Waals surface area contributed by atoms with Crippen LogP contribution in [0.4, 0.5) is 18.0 Å². The lowest BCUT2D eigenvalue weighted by Gasteiger charge is -2.26. The zero-order valence-electron chi connectivity index (χ0n) is 15.8. The minimum Gasteiger partial charge on any atom is -0.410 e. The zero-order chi connectivity index (χ0) is 19.9. The molecule has 2 rings (SSSR count). The van der Waals surface area contributed by atoms with Crippen LogP contribution in [0.1, 0.15) is 31.2 Å². The Morgan fingerprint density at radius 1 is 1.19 bits per heavy atom. The summed E-state index contributed by atoms with van der Waals surface area (Å²) in [4.78, 5) is 14.0. The van der Waals surface area contributed by atoms with Gasteiger partial charge in [0.25, 0.3) is 0 Å². The van der Waals surface area contributed by atoms with Crippen LogP contribution in [0.2, 0.25) is 0 Å². The quantitative estimate of drug-likeness (QED) is 0.722. The molecular formula is C20H27F3N2O2. The van der Waals surface area contributed by atoms with E-state index in [9.17, 15) is 18.0 Å². The van der Waals surface area contributed by atoms with Crippen LogP contribution in [0.15, 0.2) is 36.4 Å². The van der Waals surface area contributed by atoms with E-state index in [-0.39, 0.29) is 5.75 Å². The standard InChI is InChI=1S/C20H27F3N2O2/c1-25(2)13-3-4-15-5-7-16(8-6-15)14-24-19(26)27-18-11-9-17(10-12-18)20(21,22)23/h3-4,9-12,15-16H,5-8,13-14H2,1-2H3,(H,24,26).